The van der Waals surface area contributed by atoms with E-state index in [1.165, 1.54) is 23.0 Å². The normalized spacial score (nSPS) is 10.6. The third-order valence-corrected chi connectivity index (χ3v) is 3.25. The summed E-state index contributed by atoms with van der Waals surface area (Å²) in [5.41, 5.74) is 2.67. The summed E-state index contributed by atoms with van der Waals surface area (Å²) >= 11 is 0. The Labute approximate surface area is 124 Å². The summed E-state index contributed by atoms with van der Waals surface area (Å²) in [4.78, 5) is 32.3. The van der Waals surface area contributed by atoms with Crippen molar-refractivity contribution < 1.29 is 10.0 Å². The number of benzene rings is 1. The van der Waals surface area contributed by atoms with Crippen molar-refractivity contribution in [3.05, 3.63) is 70.5 Å². The molecule has 3 aromatic rings. The zero-order chi connectivity index (χ0) is 15.5. The van der Waals surface area contributed by atoms with Gasteiger partial charge in [-0.2, -0.15) is 0 Å². The lowest BCUT2D eigenvalue weighted by Crippen LogP contribution is -2.23. The highest BCUT2D eigenvalue weighted by atomic mass is 16.5. The second-order valence-corrected chi connectivity index (χ2v) is 4.67. The fourth-order valence-electron chi connectivity index (χ4n) is 2.14. The molecule has 0 spiro atoms. The Balaban J connectivity index is 2.08. The lowest BCUT2D eigenvalue weighted by atomic mass is 10.1. The minimum Gasteiger partial charge on any atom is -0.293 e. The van der Waals surface area contributed by atoms with E-state index in [2.05, 4.69) is 9.97 Å². The summed E-state index contributed by atoms with van der Waals surface area (Å²) in [6, 6.07) is 9.91. The van der Waals surface area contributed by atoms with E-state index in [0.29, 0.717) is 17.4 Å². The van der Waals surface area contributed by atoms with Gasteiger partial charge in [-0.15, -0.1) is 0 Å². The topological polar surface area (TPSA) is 97.1 Å². The van der Waals surface area contributed by atoms with Crippen LogP contribution in [0.25, 0.3) is 10.9 Å². The monoisotopic (exact) mass is 296 g/mol. The number of aromatic nitrogens is 3. The third kappa shape index (κ3) is 2.57. The van der Waals surface area contributed by atoms with E-state index in [0.717, 1.165) is 5.69 Å². The van der Waals surface area contributed by atoms with E-state index in [4.69, 9.17) is 5.21 Å². The maximum Gasteiger partial charge on any atom is 0.274 e. The van der Waals surface area contributed by atoms with E-state index in [-0.39, 0.29) is 11.1 Å². The molecule has 1 amide bonds. The second-order valence-electron chi connectivity index (χ2n) is 4.67. The van der Waals surface area contributed by atoms with Crippen LogP contribution in [0.4, 0.5) is 0 Å². The quantitative estimate of drug-likeness (QED) is 0.554. The van der Waals surface area contributed by atoms with Crippen molar-refractivity contribution >= 4 is 16.8 Å². The molecule has 22 heavy (non-hydrogen) atoms. The molecule has 0 saturated carbocycles. The molecule has 0 aliphatic rings. The third-order valence-electron chi connectivity index (χ3n) is 3.25. The van der Waals surface area contributed by atoms with Crippen LogP contribution in [0.1, 0.15) is 16.1 Å². The highest BCUT2D eigenvalue weighted by Crippen LogP contribution is 2.10. The molecule has 7 nitrogen and oxygen atoms in total. The molecule has 0 radical (unpaired) electrons. The predicted octanol–water partition coefficient (Wildman–Crippen LogP) is 0.959. The van der Waals surface area contributed by atoms with Crippen molar-refractivity contribution in [2.45, 2.75) is 6.54 Å². The van der Waals surface area contributed by atoms with Crippen molar-refractivity contribution in [1.82, 2.24) is 20.0 Å². The van der Waals surface area contributed by atoms with Gasteiger partial charge in [0.2, 0.25) is 0 Å². The van der Waals surface area contributed by atoms with E-state index in [1.807, 2.05) is 12.1 Å². The lowest BCUT2D eigenvalue weighted by Gasteiger charge is -2.07. The molecule has 1 aromatic carbocycles. The molecule has 2 heterocycles. The molecular weight excluding hydrogens is 284 g/mol. The summed E-state index contributed by atoms with van der Waals surface area (Å²) < 4.78 is 1.42. The second kappa shape index (κ2) is 5.74. The molecule has 0 aliphatic heterocycles. The van der Waals surface area contributed by atoms with Crippen LogP contribution in [0, 0.1) is 0 Å². The Morgan fingerprint density at radius 2 is 2.09 bits per heavy atom. The summed E-state index contributed by atoms with van der Waals surface area (Å²) in [5, 5.41) is 8.98. The molecule has 0 fully saturated rings. The number of amides is 1. The van der Waals surface area contributed by atoms with Crippen molar-refractivity contribution in [1.29, 1.82) is 0 Å². The minimum atomic E-state index is -0.679. The van der Waals surface area contributed by atoms with Crippen LogP contribution in [0.5, 0.6) is 0 Å². The average molecular weight is 296 g/mol. The number of nitrogens with zero attached hydrogens (tertiary/aromatic N) is 3. The Kier molecular flexibility index (Phi) is 3.63. The molecule has 0 saturated heterocycles. The first-order valence-corrected chi connectivity index (χ1v) is 6.52. The molecule has 110 valence electrons. The molecular formula is C15H12N4O3. The maximum absolute atomic E-state index is 12.5. The van der Waals surface area contributed by atoms with Crippen LogP contribution >= 0.6 is 0 Å². The summed E-state index contributed by atoms with van der Waals surface area (Å²) in [7, 11) is 0. The molecule has 2 N–H and O–H groups in total. The van der Waals surface area contributed by atoms with Gasteiger partial charge in [0.05, 0.1) is 29.5 Å². The van der Waals surface area contributed by atoms with Gasteiger partial charge in [0, 0.05) is 11.8 Å². The Morgan fingerprint density at radius 3 is 2.82 bits per heavy atom. The van der Waals surface area contributed by atoms with Crippen molar-refractivity contribution in [3.8, 4) is 0 Å². The number of carbonyl (C=O) groups is 1. The zero-order valence-corrected chi connectivity index (χ0v) is 11.4. The number of hydrogen-bond donors (Lipinski definition) is 2. The van der Waals surface area contributed by atoms with Crippen LogP contribution in [0.15, 0.2) is 53.7 Å². The molecule has 7 heteroatoms. The van der Waals surface area contributed by atoms with E-state index in [1.54, 1.807) is 23.8 Å². The summed E-state index contributed by atoms with van der Waals surface area (Å²) in [6.07, 6.45) is 3.10. The first-order chi connectivity index (χ1) is 10.7. The van der Waals surface area contributed by atoms with Crippen molar-refractivity contribution in [3.63, 3.8) is 0 Å². The van der Waals surface area contributed by atoms with Gasteiger partial charge in [0.25, 0.3) is 11.5 Å². The van der Waals surface area contributed by atoms with Gasteiger partial charge >= 0.3 is 0 Å². The minimum absolute atomic E-state index is 0.185. The number of carbonyl (C=O) groups excluding carboxylic acids is 1. The van der Waals surface area contributed by atoms with Crippen molar-refractivity contribution in [2.24, 2.45) is 0 Å². The first-order valence-electron chi connectivity index (χ1n) is 6.52. The predicted molar refractivity (Wildman–Crippen MR) is 78.6 cm³/mol. The van der Waals surface area contributed by atoms with Crippen molar-refractivity contribution in [2.75, 3.05) is 0 Å². The largest absolute Gasteiger partial charge is 0.293 e. The molecule has 0 unspecified atom stereocenters. The number of nitrogens with one attached hydrogen (secondary N) is 1. The zero-order valence-electron chi connectivity index (χ0n) is 11.4. The van der Waals surface area contributed by atoms with Crippen LogP contribution in [-0.2, 0) is 6.54 Å². The Bertz CT molecular complexity index is 890. The smallest absolute Gasteiger partial charge is 0.274 e. The maximum atomic E-state index is 12.5. The van der Waals surface area contributed by atoms with Crippen LogP contribution in [0.3, 0.4) is 0 Å². The molecule has 2 aromatic heterocycles. The number of rotatable bonds is 3. The molecule has 0 bridgehead atoms. The van der Waals surface area contributed by atoms with Crippen LogP contribution in [0.2, 0.25) is 0 Å². The van der Waals surface area contributed by atoms with Gasteiger partial charge in [0.1, 0.15) is 0 Å². The van der Waals surface area contributed by atoms with E-state index < -0.39 is 5.91 Å². The standard InChI is InChI=1S/C15H12N4O3/c20-14(18-22)10-4-5-13-12(7-10)15(21)19(9-17-13)8-11-3-1-2-6-16-11/h1-7,9,22H,8H2,(H,18,20). The summed E-state index contributed by atoms with van der Waals surface area (Å²) in [5.74, 6) is -0.679. The number of pyridine rings is 1. The van der Waals surface area contributed by atoms with Gasteiger partial charge in [-0.1, -0.05) is 6.07 Å². The lowest BCUT2D eigenvalue weighted by molar-refractivity contribution is 0.0706. The van der Waals surface area contributed by atoms with Gasteiger partial charge < -0.3 is 0 Å². The van der Waals surface area contributed by atoms with Crippen LogP contribution < -0.4 is 11.0 Å². The Hall–Kier alpha value is -3.06. The van der Waals surface area contributed by atoms with Gasteiger partial charge in [0.15, 0.2) is 0 Å². The fraction of sp³-hybridized carbons (Fsp3) is 0.0667. The average Bonchev–Trinajstić information content (AvgIpc) is 2.57. The molecule has 3 rings (SSSR count). The highest BCUT2D eigenvalue weighted by molar-refractivity contribution is 5.97. The van der Waals surface area contributed by atoms with Crippen LogP contribution in [-0.4, -0.2) is 25.6 Å². The Morgan fingerprint density at radius 1 is 1.23 bits per heavy atom. The van der Waals surface area contributed by atoms with E-state index >= 15 is 0 Å². The SMILES string of the molecule is O=C(NO)c1ccc2ncn(Cc3ccccn3)c(=O)c2c1. The number of hydrogen-bond acceptors (Lipinski definition) is 5. The van der Waals surface area contributed by atoms with Gasteiger partial charge in [-0.05, 0) is 30.3 Å². The van der Waals surface area contributed by atoms with Gasteiger partial charge in [-0.3, -0.25) is 24.3 Å². The highest BCUT2D eigenvalue weighted by Gasteiger charge is 2.09. The summed E-state index contributed by atoms with van der Waals surface area (Å²) in [6.45, 7) is 0.291. The van der Waals surface area contributed by atoms with E-state index in [9.17, 15) is 9.59 Å². The number of fused-ring (bicyclic) bond motifs is 1. The first kappa shape index (κ1) is 13.9. The van der Waals surface area contributed by atoms with Gasteiger partial charge in [-0.25, -0.2) is 10.5 Å². The number of hydroxylamine groups is 1. The molecule has 0 aliphatic carbocycles. The molecule has 0 atom stereocenters. The fourth-order valence-corrected chi connectivity index (χ4v) is 2.14.